The molecule has 4 fully saturated rings. The second kappa shape index (κ2) is 8.48. The number of fused-ring (bicyclic) bond motifs is 1. The number of hydrogen-bond donors (Lipinski definition) is 2. The molecule has 2 N–H and O–H groups in total. The Bertz CT molecular complexity index is 895. The number of nitrogens with zero attached hydrogens (tertiary/aromatic N) is 3. The lowest BCUT2D eigenvalue weighted by Crippen LogP contribution is -2.63. The molecule has 0 radical (unpaired) electrons. The number of rotatable bonds is 4. The Kier molecular flexibility index (Phi) is 5.82. The van der Waals surface area contributed by atoms with Crippen LogP contribution in [0.4, 0.5) is 10.5 Å². The molecule has 1 saturated carbocycles. The molecular formula is C23H31ClN4O4. The third-order valence-electron chi connectivity index (χ3n) is 7.69. The first-order valence-corrected chi connectivity index (χ1v) is 11.9. The highest BCUT2D eigenvalue weighted by Gasteiger charge is 2.51. The van der Waals surface area contributed by atoms with Crippen molar-refractivity contribution in [3.8, 4) is 0 Å². The van der Waals surface area contributed by atoms with Crippen molar-refractivity contribution in [1.82, 2.24) is 14.7 Å². The van der Waals surface area contributed by atoms with Gasteiger partial charge in [0.05, 0.1) is 25.3 Å². The number of piperidine rings is 1. The highest BCUT2D eigenvalue weighted by atomic mass is 35.5. The molecule has 1 aromatic rings. The predicted octanol–water partition coefficient (Wildman–Crippen LogP) is 2.37. The summed E-state index contributed by atoms with van der Waals surface area (Å²) in [6, 6.07) is 6.04. The molecule has 3 saturated heterocycles. The smallest absolute Gasteiger partial charge is 0.322 e. The standard InChI is InChI=1S/C23H31ClN4O4/c1-15-21(30)28-18(5-9-26-10-8-23(6-7-23)19(29)12-26)14-32-20(28)13-27(15)22(31)25-17-4-2-3-16(24)11-17/h2-4,11,15,18-20,29H,5-10,12-14H2,1H3,(H,25,31)/t15-,18-,19+,20+/m0/s1. The van der Waals surface area contributed by atoms with Crippen molar-refractivity contribution >= 4 is 29.2 Å². The monoisotopic (exact) mass is 462 g/mol. The van der Waals surface area contributed by atoms with Gasteiger partial charge in [-0.25, -0.2) is 4.79 Å². The van der Waals surface area contributed by atoms with Gasteiger partial charge in [-0.15, -0.1) is 0 Å². The number of anilines is 1. The topological polar surface area (TPSA) is 85.4 Å². The first kappa shape index (κ1) is 21.9. The van der Waals surface area contributed by atoms with Gasteiger partial charge in [0.25, 0.3) is 0 Å². The molecule has 1 spiro atoms. The van der Waals surface area contributed by atoms with Crippen LogP contribution in [0.3, 0.4) is 0 Å². The van der Waals surface area contributed by atoms with E-state index in [1.807, 2.05) is 4.90 Å². The minimum absolute atomic E-state index is 0.00189. The molecule has 3 amide bonds. The fourth-order valence-electron chi connectivity index (χ4n) is 5.35. The van der Waals surface area contributed by atoms with E-state index in [0.717, 1.165) is 45.3 Å². The van der Waals surface area contributed by atoms with Crippen molar-refractivity contribution in [1.29, 1.82) is 0 Å². The van der Waals surface area contributed by atoms with Crippen LogP contribution in [0.1, 0.15) is 32.6 Å². The van der Waals surface area contributed by atoms with Crippen molar-refractivity contribution in [2.45, 2.75) is 57.0 Å². The summed E-state index contributed by atoms with van der Waals surface area (Å²) < 4.78 is 5.94. The largest absolute Gasteiger partial charge is 0.391 e. The van der Waals surface area contributed by atoms with Crippen LogP contribution in [0, 0.1) is 5.41 Å². The number of β-amino-alcohol motifs (C(OH)–C–C–N with tert-alkyl or cyclic N) is 1. The zero-order valence-corrected chi connectivity index (χ0v) is 19.1. The summed E-state index contributed by atoms with van der Waals surface area (Å²) in [5.41, 5.74) is 0.789. The molecule has 0 aromatic heterocycles. The van der Waals surface area contributed by atoms with Gasteiger partial charge < -0.3 is 29.9 Å². The average Bonchev–Trinajstić information content (AvgIpc) is 3.43. The second-order valence-corrected chi connectivity index (χ2v) is 10.1. The predicted molar refractivity (Wildman–Crippen MR) is 120 cm³/mol. The number of amides is 3. The van der Waals surface area contributed by atoms with Crippen molar-refractivity contribution in [2.75, 3.05) is 38.1 Å². The molecular weight excluding hydrogens is 432 g/mol. The van der Waals surface area contributed by atoms with E-state index in [1.165, 1.54) is 4.90 Å². The van der Waals surface area contributed by atoms with Gasteiger partial charge in [0, 0.05) is 23.8 Å². The molecule has 9 heteroatoms. The Morgan fingerprint density at radius 1 is 1.31 bits per heavy atom. The number of nitrogens with one attached hydrogen (secondary N) is 1. The molecule has 174 valence electrons. The van der Waals surface area contributed by atoms with Gasteiger partial charge in [0.2, 0.25) is 5.91 Å². The number of urea groups is 1. The molecule has 0 bridgehead atoms. The van der Waals surface area contributed by atoms with Gasteiger partial charge in [-0.3, -0.25) is 4.79 Å². The fraction of sp³-hybridized carbons (Fsp3) is 0.652. The quantitative estimate of drug-likeness (QED) is 0.717. The minimum atomic E-state index is -0.568. The highest BCUT2D eigenvalue weighted by Crippen LogP contribution is 2.53. The normalized spacial score (nSPS) is 31.7. The SMILES string of the molecule is C[C@H]1C(=O)N2[C@@H](CCN3CCC4(CC4)[C@H](O)C3)CO[C@@H]2CN1C(=O)Nc1cccc(Cl)c1. The number of halogens is 1. The van der Waals surface area contributed by atoms with Gasteiger partial charge in [-0.2, -0.15) is 0 Å². The highest BCUT2D eigenvalue weighted by molar-refractivity contribution is 6.30. The van der Waals surface area contributed by atoms with E-state index in [-0.39, 0.29) is 29.5 Å². The molecule has 4 atom stereocenters. The Hall–Kier alpha value is -1.87. The number of ether oxygens (including phenoxy) is 1. The van der Waals surface area contributed by atoms with Gasteiger partial charge in [-0.05, 0) is 62.8 Å². The molecule has 4 aliphatic rings. The molecule has 3 heterocycles. The number of benzene rings is 1. The van der Waals surface area contributed by atoms with Gasteiger partial charge >= 0.3 is 6.03 Å². The Morgan fingerprint density at radius 2 is 2.12 bits per heavy atom. The molecule has 0 unspecified atom stereocenters. The molecule has 1 aliphatic carbocycles. The Morgan fingerprint density at radius 3 is 2.84 bits per heavy atom. The third kappa shape index (κ3) is 4.09. The van der Waals surface area contributed by atoms with E-state index in [2.05, 4.69) is 10.2 Å². The van der Waals surface area contributed by atoms with Crippen LogP contribution >= 0.6 is 11.6 Å². The van der Waals surface area contributed by atoms with E-state index >= 15 is 0 Å². The summed E-state index contributed by atoms with van der Waals surface area (Å²) >= 11 is 6.00. The molecule has 5 rings (SSSR count). The van der Waals surface area contributed by atoms with Crippen LogP contribution in [0.25, 0.3) is 0 Å². The van der Waals surface area contributed by atoms with E-state index < -0.39 is 12.3 Å². The van der Waals surface area contributed by atoms with Crippen molar-refractivity contribution in [2.24, 2.45) is 5.41 Å². The summed E-state index contributed by atoms with van der Waals surface area (Å²) in [6.45, 7) is 5.15. The molecule has 8 nitrogen and oxygen atoms in total. The van der Waals surface area contributed by atoms with Crippen molar-refractivity contribution in [3.05, 3.63) is 29.3 Å². The third-order valence-corrected chi connectivity index (χ3v) is 7.92. The lowest BCUT2D eigenvalue weighted by molar-refractivity contribution is -0.150. The minimum Gasteiger partial charge on any atom is -0.391 e. The maximum atomic E-state index is 13.2. The number of carbonyl (C=O) groups is 2. The summed E-state index contributed by atoms with van der Waals surface area (Å²) in [5.74, 6) is -0.0828. The first-order valence-electron chi connectivity index (χ1n) is 11.5. The summed E-state index contributed by atoms with van der Waals surface area (Å²) in [5, 5.41) is 13.8. The lowest BCUT2D eigenvalue weighted by Gasteiger charge is -2.42. The molecule has 3 aliphatic heterocycles. The summed E-state index contributed by atoms with van der Waals surface area (Å²) in [4.78, 5) is 31.7. The van der Waals surface area contributed by atoms with Crippen LogP contribution in [0.2, 0.25) is 5.02 Å². The van der Waals surface area contributed by atoms with E-state index in [0.29, 0.717) is 23.9 Å². The number of likely N-dealkylation sites (tertiary alicyclic amines) is 1. The average molecular weight is 463 g/mol. The molecule has 32 heavy (non-hydrogen) atoms. The van der Waals surface area contributed by atoms with Crippen LogP contribution in [0.5, 0.6) is 0 Å². The maximum absolute atomic E-state index is 13.2. The number of aliphatic hydroxyl groups is 1. The number of aliphatic hydroxyl groups excluding tert-OH is 1. The van der Waals surface area contributed by atoms with Crippen molar-refractivity contribution in [3.63, 3.8) is 0 Å². The summed E-state index contributed by atoms with van der Waals surface area (Å²) in [7, 11) is 0. The zero-order valence-electron chi connectivity index (χ0n) is 18.4. The van der Waals surface area contributed by atoms with E-state index in [4.69, 9.17) is 16.3 Å². The maximum Gasteiger partial charge on any atom is 0.322 e. The molecule has 1 aromatic carbocycles. The van der Waals surface area contributed by atoms with Crippen LogP contribution in [0.15, 0.2) is 24.3 Å². The van der Waals surface area contributed by atoms with Crippen LogP contribution < -0.4 is 5.32 Å². The lowest BCUT2D eigenvalue weighted by atomic mass is 9.90. The second-order valence-electron chi connectivity index (χ2n) is 9.67. The fourth-order valence-corrected chi connectivity index (χ4v) is 5.54. The zero-order chi connectivity index (χ0) is 22.5. The van der Waals surface area contributed by atoms with E-state index in [9.17, 15) is 14.7 Å². The Labute approximate surface area is 193 Å². The number of hydrogen-bond acceptors (Lipinski definition) is 5. The first-order chi connectivity index (χ1) is 15.4. The van der Waals surface area contributed by atoms with E-state index in [1.54, 1.807) is 31.2 Å². The van der Waals surface area contributed by atoms with Crippen molar-refractivity contribution < 1.29 is 19.4 Å². The Balaban J connectivity index is 1.17. The number of piperazine rings is 1. The van der Waals surface area contributed by atoms with Gasteiger partial charge in [0.1, 0.15) is 6.04 Å². The van der Waals surface area contributed by atoms with Gasteiger partial charge in [0.15, 0.2) is 6.23 Å². The van der Waals surface area contributed by atoms with Crippen LogP contribution in [-0.2, 0) is 9.53 Å². The summed E-state index contributed by atoms with van der Waals surface area (Å²) in [6.07, 6.45) is 3.53. The van der Waals surface area contributed by atoms with Gasteiger partial charge in [-0.1, -0.05) is 17.7 Å². The number of carbonyl (C=O) groups excluding carboxylic acids is 2. The van der Waals surface area contributed by atoms with Crippen LogP contribution in [-0.4, -0.2) is 88.9 Å².